The Balaban J connectivity index is 1.98. The molecule has 0 aromatic heterocycles. The number of benzene rings is 1. The molecule has 0 atom stereocenters. The molecule has 0 unspecified atom stereocenters. The highest BCUT2D eigenvalue weighted by atomic mass is 79.9. The number of carbonyl (C=O) groups excluding carboxylic acids is 1. The Morgan fingerprint density at radius 1 is 1.32 bits per heavy atom. The molecule has 0 saturated heterocycles. The SMILES string of the molecule is CC1(C)C(CNC(=O)c2ccc(Cl)c(Br)c2)C1(C)C. The van der Waals surface area contributed by atoms with Crippen molar-refractivity contribution in [2.75, 3.05) is 6.54 Å². The summed E-state index contributed by atoms with van der Waals surface area (Å²) in [7, 11) is 0. The summed E-state index contributed by atoms with van der Waals surface area (Å²) < 4.78 is 0.744. The van der Waals surface area contributed by atoms with E-state index in [1.165, 1.54) is 0 Å². The van der Waals surface area contributed by atoms with Crippen molar-refractivity contribution >= 4 is 33.4 Å². The first-order valence-corrected chi connectivity index (χ1v) is 7.58. The maximum atomic E-state index is 12.1. The van der Waals surface area contributed by atoms with Gasteiger partial charge in [0, 0.05) is 16.6 Å². The summed E-state index contributed by atoms with van der Waals surface area (Å²) >= 11 is 9.25. The standard InChI is InChI=1S/C15H19BrClNO/c1-14(2)12(15(14,3)4)8-18-13(19)9-5-6-11(17)10(16)7-9/h5-7,12H,8H2,1-4H3,(H,18,19). The van der Waals surface area contributed by atoms with Crippen LogP contribution in [-0.4, -0.2) is 12.5 Å². The summed E-state index contributed by atoms with van der Waals surface area (Å²) in [5.74, 6) is 0.482. The van der Waals surface area contributed by atoms with Crippen LogP contribution in [0.2, 0.25) is 5.02 Å². The first-order chi connectivity index (χ1) is 8.68. The second-order valence-corrected chi connectivity index (χ2v) is 7.60. The van der Waals surface area contributed by atoms with Crippen molar-refractivity contribution in [3.8, 4) is 0 Å². The minimum atomic E-state index is -0.0455. The maximum Gasteiger partial charge on any atom is 0.251 e. The second kappa shape index (κ2) is 4.78. The average molecular weight is 345 g/mol. The number of amides is 1. The van der Waals surface area contributed by atoms with Crippen LogP contribution in [0.4, 0.5) is 0 Å². The topological polar surface area (TPSA) is 29.1 Å². The molecule has 1 fully saturated rings. The molecule has 1 N–H and O–H groups in total. The molecule has 1 saturated carbocycles. The average Bonchev–Trinajstić information content (AvgIpc) is 2.70. The van der Waals surface area contributed by atoms with Crippen LogP contribution in [0.1, 0.15) is 38.1 Å². The normalized spacial score (nSPS) is 20.1. The van der Waals surface area contributed by atoms with Crippen LogP contribution in [0.3, 0.4) is 0 Å². The summed E-state index contributed by atoms with van der Waals surface area (Å²) in [6.45, 7) is 9.73. The fourth-order valence-corrected chi connectivity index (χ4v) is 3.27. The van der Waals surface area contributed by atoms with Crippen LogP contribution >= 0.6 is 27.5 Å². The van der Waals surface area contributed by atoms with Gasteiger partial charge in [0.1, 0.15) is 0 Å². The van der Waals surface area contributed by atoms with E-state index in [1.54, 1.807) is 18.2 Å². The highest BCUT2D eigenvalue weighted by molar-refractivity contribution is 9.10. The quantitative estimate of drug-likeness (QED) is 0.858. The molecular weight excluding hydrogens is 326 g/mol. The molecule has 0 radical (unpaired) electrons. The van der Waals surface area contributed by atoms with Crippen molar-refractivity contribution in [3.05, 3.63) is 33.3 Å². The van der Waals surface area contributed by atoms with Gasteiger partial charge in [-0.2, -0.15) is 0 Å². The lowest BCUT2D eigenvalue weighted by atomic mass is 10.0. The fraction of sp³-hybridized carbons (Fsp3) is 0.533. The summed E-state index contributed by atoms with van der Waals surface area (Å²) in [5, 5.41) is 3.63. The molecule has 104 valence electrons. The second-order valence-electron chi connectivity index (χ2n) is 6.33. The molecule has 1 aromatic carbocycles. The molecular formula is C15H19BrClNO. The fourth-order valence-electron chi connectivity index (χ4n) is 2.78. The van der Waals surface area contributed by atoms with Crippen LogP contribution in [0.5, 0.6) is 0 Å². The molecule has 1 amide bonds. The van der Waals surface area contributed by atoms with E-state index in [4.69, 9.17) is 11.6 Å². The van der Waals surface area contributed by atoms with Crippen molar-refractivity contribution in [3.63, 3.8) is 0 Å². The van der Waals surface area contributed by atoms with Gasteiger partial charge in [-0.15, -0.1) is 0 Å². The molecule has 1 aliphatic rings. The van der Waals surface area contributed by atoms with Crippen molar-refractivity contribution in [1.82, 2.24) is 5.32 Å². The number of rotatable bonds is 3. The van der Waals surface area contributed by atoms with Gasteiger partial charge in [0.25, 0.3) is 5.91 Å². The van der Waals surface area contributed by atoms with E-state index in [1.807, 2.05) is 0 Å². The number of hydrogen-bond donors (Lipinski definition) is 1. The van der Waals surface area contributed by atoms with Crippen LogP contribution in [0, 0.1) is 16.7 Å². The zero-order valence-electron chi connectivity index (χ0n) is 11.7. The minimum absolute atomic E-state index is 0.0455. The Morgan fingerprint density at radius 3 is 2.37 bits per heavy atom. The molecule has 2 nitrogen and oxygen atoms in total. The third kappa shape index (κ3) is 2.55. The zero-order valence-corrected chi connectivity index (χ0v) is 14.0. The highest BCUT2D eigenvalue weighted by Crippen LogP contribution is 2.67. The maximum absolute atomic E-state index is 12.1. The number of carbonyl (C=O) groups is 1. The van der Waals surface area contributed by atoms with E-state index < -0.39 is 0 Å². The largest absolute Gasteiger partial charge is 0.352 e. The van der Waals surface area contributed by atoms with Crippen molar-refractivity contribution < 1.29 is 4.79 Å². The van der Waals surface area contributed by atoms with E-state index in [2.05, 4.69) is 48.9 Å². The smallest absolute Gasteiger partial charge is 0.251 e. The predicted octanol–water partition coefficient (Wildman–Crippen LogP) is 4.51. The molecule has 2 rings (SSSR count). The van der Waals surface area contributed by atoms with Crippen LogP contribution in [0.15, 0.2) is 22.7 Å². The van der Waals surface area contributed by atoms with Crippen molar-refractivity contribution in [1.29, 1.82) is 0 Å². The van der Waals surface area contributed by atoms with E-state index in [9.17, 15) is 4.79 Å². The first-order valence-electron chi connectivity index (χ1n) is 6.41. The van der Waals surface area contributed by atoms with E-state index in [-0.39, 0.29) is 5.91 Å². The lowest BCUT2D eigenvalue weighted by molar-refractivity contribution is 0.0950. The lowest BCUT2D eigenvalue weighted by Gasteiger charge is -2.07. The van der Waals surface area contributed by atoms with Crippen molar-refractivity contribution in [2.24, 2.45) is 16.7 Å². The molecule has 1 aliphatic carbocycles. The van der Waals surface area contributed by atoms with E-state index >= 15 is 0 Å². The van der Waals surface area contributed by atoms with Gasteiger partial charge in [0.15, 0.2) is 0 Å². The van der Waals surface area contributed by atoms with E-state index in [0.717, 1.165) is 11.0 Å². The lowest BCUT2D eigenvalue weighted by Crippen LogP contribution is -2.27. The summed E-state index contributed by atoms with van der Waals surface area (Å²) in [5.41, 5.74) is 1.22. The van der Waals surface area contributed by atoms with Gasteiger partial charge in [-0.1, -0.05) is 39.3 Å². The Morgan fingerprint density at radius 2 is 1.89 bits per heavy atom. The number of hydrogen-bond acceptors (Lipinski definition) is 1. The summed E-state index contributed by atoms with van der Waals surface area (Å²) in [6.07, 6.45) is 0. The Labute approximate surface area is 128 Å². The van der Waals surface area contributed by atoms with Gasteiger partial charge in [-0.25, -0.2) is 0 Å². The Kier molecular flexibility index (Phi) is 3.74. The number of nitrogens with one attached hydrogen (secondary N) is 1. The van der Waals surface area contributed by atoms with Crippen LogP contribution < -0.4 is 5.32 Å². The molecule has 0 heterocycles. The van der Waals surface area contributed by atoms with Gasteiger partial charge in [-0.05, 0) is 50.9 Å². The number of halogens is 2. The predicted molar refractivity (Wildman–Crippen MR) is 82.5 cm³/mol. The molecule has 0 spiro atoms. The van der Waals surface area contributed by atoms with Gasteiger partial charge >= 0.3 is 0 Å². The van der Waals surface area contributed by atoms with Crippen molar-refractivity contribution in [2.45, 2.75) is 27.7 Å². The van der Waals surface area contributed by atoms with Crippen LogP contribution in [0.25, 0.3) is 0 Å². The van der Waals surface area contributed by atoms with Gasteiger partial charge in [0.05, 0.1) is 5.02 Å². The van der Waals surface area contributed by atoms with Gasteiger partial charge in [-0.3, -0.25) is 4.79 Å². The summed E-state index contributed by atoms with van der Waals surface area (Å²) in [6, 6.07) is 5.22. The molecule has 0 bridgehead atoms. The Hall–Kier alpha value is -0.540. The van der Waals surface area contributed by atoms with Crippen LogP contribution in [-0.2, 0) is 0 Å². The minimum Gasteiger partial charge on any atom is -0.352 e. The Bertz CT molecular complexity index is 511. The highest BCUT2D eigenvalue weighted by Gasteiger charge is 2.64. The summed E-state index contributed by atoms with van der Waals surface area (Å²) in [4.78, 5) is 12.1. The first kappa shape index (κ1) is 14.9. The van der Waals surface area contributed by atoms with E-state index in [0.29, 0.717) is 27.3 Å². The van der Waals surface area contributed by atoms with Gasteiger partial charge < -0.3 is 5.32 Å². The molecule has 1 aromatic rings. The molecule has 4 heteroatoms. The zero-order chi connectivity index (χ0) is 14.4. The molecule has 0 aliphatic heterocycles. The molecule has 19 heavy (non-hydrogen) atoms. The third-order valence-electron chi connectivity index (χ3n) is 4.97. The third-order valence-corrected chi connectivity index (χ3v) is 6.18. The van der Waals surface area contributed by atoms with Gasteiger partial charge in [0.2, 0.25) is 0 Å². The monoisotopic (exact) mass is 343 g/mol.